The Morgan fingerprint density at radius 1 is 1.03 bits per heavy atom. The van der Waals surface area contributed by atoms with Gasteiger partial charge in [-0.2, -0.15) is 0 Å². The van der Waals surface area contributed by atoms with E-state index in [1.54, 1.807) is 29.3 Å². The molecule has 0 aliphatic heterocycles. The topological polar surface area (TPSA) is 74.3 Å². The first-order valence-electron chi connectivity index (χ1n) is 9.90. The van der Waals surface area contributed by atoms with Crippen molar-refractivity contribution in [3.05, 3.63) is 89.6 Å². The highest BCUT2D eigenvalue weighted by Crippen LogP contribution is 2.33. The largest absolute Gasteiger partial charge is 0.315 e. The van der Waals surface area contributed by atoms with Crippen molar-refractivity contribution in [3.63, 3.8) is 0 Å². The van der Waals surface area contributed by atoms with Gasteiger partial charge in [0.1, 0.15) is 23.4 Å². The number of rotatable bonds is 4. The van der Waals surface area contributed by atoms with Gasteiger partial charge in [-0.3, -0.25) is 9.97 Å². The number of fused-ring (bicyclic) bond motifs is 1. The molecule has 31 heavy (non-hydrogen) atoms. The second kappa shape index (κ2) is 7.39. The summed E-state index contributed by atoms with van der Waals surface area (Å²) in [5, 5.41) is 8.28. The number of aromatic nitrogens is 7. The maximum Gasteiger partial charge on any atom is 0.147 e. The second-order valence-corrected chi connectivity index (χ2v) is 7.44. The lowest BCUT2D eigenvalue weighted by Gasteiger charge is -2.21. The Kier molecular flexibility index (Phi) is 4.54. The third kappa shape index (κ3) is 3.16. The number of benzene rings is 1. The molecule has 0 spiro atoms. The highest BCUT2D eigenvalue weighted by molar-refractivity contribution is 5.83. The van der Waals surface area contributed by atoms with Gasteiger partial charge in [0.05, 0.1) is 22.4 Å². The van der Waals surface area contributed by atoms with Crippen molar-refractivity contribution in [1.29, 1.82) is 0 Å². The summed E-state index contributed by atoms with van der Waals surface area (Å²) in [7, 11) is 1.86. The SMILES string of the molecule is Cc1nnn(C)c1-c1ccc2nc(C)n([C@H](c3cccnc3)c3ncccc3F)c2c1. The minimum Gasteiger partial charge on any atom is -0.315 e. The Labute approximate surface area is 178 Å². The number of pyridine rings is 2. The highest BCUT2D eigenvalue weighted by atomic mass is 19.1. The molecule has 4 heterocycles. The summed E-state index contributed by atoms with van der Waals surface area (Å²) < 4.78 is 18.7. The maximum absolute atomic E-state index is 14.9. The lowest BCUT2D eigenvalue weighted by Crippen LogP contribution is -2.17. The van der Waals surface area contributed by atoms with Crippen LogP contribution in [0.5, 0.6) is 0 Å². The molecule has 0 radical (unpaired) electrons. The van der Waals surface area contributed by atoms with Crippen LogP contribution in [-0.4, -0.2) is 34.5 Å². The van der Waals surface area contributed by atoms with E-state index in [1.807, 2.05) is 55.8 Å². The quantitative estimate of drug-likeness (QED) is 0.445. The van der Waals surface area contributed by atoms with Crippen molar-refractivity contribution in [1.82, 2.24) is 34.5 Å². The summed E-state index contributed by atoms with van der Waals surface area (Å²) in [6.07, 6.45) is 5.04. The molecular weight excluding hydrogens is 393 g/mol. The Bertz CT molecular complexity index is 1370. The van der Waals surface area contributed by atoms with Crippen molar-refractivity contribution in [2.75, 3.05) is 0 Å². The molecule has 5 aromatic rings. The molecule has 0 saturated heterocycles. The van der Waals surface area contributed by atoms with Gasteiger partial charge in [0.15, 0.2) is 0 Å². The van der Waals surface area contributed by atoms with Crippen molar-refractivity contribution >= 4 is 11.0 Å². The van der Waals surface area contributed by atoms with Crippen LogP contribution in [-0.2, 0) is 7.05 Å². The van der Waals surface area contributed by atoms with E-state index in [2.05, 4.69) is 20.3 Å². The molecule has 8 heteroatoms. The monoisotopic (exact) mass is 413 g/mol. The van der Waals surface area contributed by atoms with Crippen LogP contribution in [0.15, 0.2) is 61.1 Å². The van der Waals surface area contributed by atoms with Gasteiger partial charge in [-0.25, -0.2) is 14.1 Å². The van der Waals surface area contributed by atoms with E-state index in [0.29, 0.717) is 5.69 Å². The molecule has 7 nitrogen and oxygen atoms in total. The van der Waals surface area contributed by atoms with Crippen LogP contribution < -0.4 is 0 Å². The standard InChI is InChI=1S/C23H20FN7/c1-14-22(30(3)29-28-14)16-8-9-19-20(12-16)31(15(2)27-19)23(17-6-4-10-25-13-17)21-18(24)7-5-11-26-21/h4-13,23H,1-3H3/t23-/m1/s1. The molecule has 0 saturated carbocycles. The average Bonchev–Trinajstić information content (AvgIpc) is 3.28. The fraction of sp³-hybridized carbons (Fsp3) is 0.174. The molecule has 0 aliphatic rings. The van der Waals surface area contributed by atoms with Gasteiger partial charge in [0.2, 0.25) is 0 Å². The van der Waals surface area contributed by atoms with Gasteiger partial charge in [0, 0.05) is 31.2 Å². The Balaban J connectivity index is 1.79. The Morgan fingerprint density at radius 2 is 1.87 bits per heavy atom. The number of imidazole rings is 1. The van der Waals surface area contributed by atoms with Crippen LogP contribution >= 0.6 is 0 Å². The van der Waals surface area contributed by atoms with Gasteiger partial charge in [0.25, 0.3) is 0 Å². The lowest BCUT2D eigenvalue weighted by molar-refractivity contribution is 0.555. The van der Waals surface area contributed by atoms with E-state index in [0.717, 1.165) is 39.4 Å². The maximum atomic E-state index is 14.9. The fourth-order valence-corrected chi connectivity index (χ4v) is 4.11. The third-order valence-electron chi connectivity index (χ3n) is 5.44. The zero-order valence-corrected chi connectivity index (χ0v) is 17.4. The van der Waals surface area contributed by atoms with E-state index in [4.69, 9.17) is 4.98 Å². The zero-order valence-electron chi connectivity index (χ0n) is 17.4. The first-order valence-corrected chi connectivity index (χ1v) is 9.90. The summed E-state index contributed by atoms with van der Waals surface area (Å²) in [6, 6.07) is 12.3. The first-order chi connectivity index (χ1) is 15.0. The molecular formula is C23H20FN7. The predicted molar refractivity (Wildman–Crippen MR) is 115 cm³/mol. The predicted octanol–water partition coefficient (Wildman–Crippen LogP) is 4.02. The van der Waals surface area contributed by atoms with E-state index in [9.17, 15) is 4.39 Å². The van der Waals surface area contributed by atoms with E-state index in [1.165, 1.54) is 6.07 Å². The summed E-state index contributed by atoms with van der Waals surface area (Å²) in [4.78, 5) is 13.4. The number of aryl methyl sites for hydroxylation is 3. The number of hydrogen-bond acceptors (Lipinski definition) is 5. The normalized spacial score (nSPS) is 12.4. The molecule has 1 aromatic carbocycles. The third-order valence-corrected chi connectivity index (χ3v) is 5.44. The second-order valence-electron chi connectivity index (χ2n) is 7.44. The zero-order chi connectivity index (χ0) is 21.5. The van der Waals surface area contributed by atoms with Crippen LogP contribution in [0.25, 0.3) is 22.3 Å². The molecule has 4 aromatic heterocycles. The van der Waals surface area contributed by atoms with Crippen LogP contribution in [0.2, 0.25) is 0 Å². The molecule has 0 fully saturated rings. The van der Waals surface area contributed by atoms with Crippen molar-refractivity contribution in [2.45, 2.75) is 19.9 Å². The summed E-state index contributed by atoms with van der Waals surface area (Å²) in [6.45, 7) is 3.84. The summed E-state index contributed by atoms with van der Waals surface area (Å²) >= 11 is 0. The average molecular weight is 413 g/mol. The van der Waals surface area contributed by atoms with Crippen LogP contribution in [0.3, 0.4) is 0 Å². The number of halogens is 1. The lowest BCUT2D eigenvalue weighted by atomic mass is 10.0. The Hall–Kier alpha value is -3.94. The van der Waals surface area contributed by atoms with Gasteiger partial charge in [-0.1, -0.05) is 17.3 Å². The highest BCUT2D eigenvalue weighted by Gasteiger charge is 2.25. The van der Waals surface area contributed by atoms with E-state index >= 15 is 0 Å². The van der Waals surface area contributed by atoms with Gasteiger partial charge >= 0.3 is 0 Å². The minimum atomic E-state index is -0.513. The number of hydrogen-bond donors (Lipinski definition) is 0. The number of nitrogens with zero attached hydrogens (tertiary/aromatic N) is 7. The Morgan fingerprint density at radius 3 is 2.58 bits per heavy atom. The van der Waals surface area contributed by atoms with Crippen LogP contribution in [0.4, 0.5) is 4.39 Å². The molecule has 0 N–H and O–H groups in total. The van der Waals surface area contributed by atoms with Gasteiger partial charge in [-0.15, -0.1) is 5.10 Å². The van der Waals surface area contributed by atoms with Gasteiger partial charge in [-0.05, 0) is 49.7 Å². The summed E-state index contributed by atoms with van der Waals surface area (Å²) in [5.41, 5.74) is 5.56. The molecule has 1 atom stereocenters. The van der Waals surface area contributed by atoms with Crippen molar-refractivity contribution < 1.29 is 4.39 Å². The van der Waals surface area contributed by atoms with Crippen molar-refractivity contribution in [3.8, 4) is 11.3 Å². The molecule has 154 valence electrons. The minimum absolute atomic E-state index is 0.321. The molecule has 0 amide bonds. The molecule has 0 bridgehead atoms. The van der Waals surface area contributed by atoms with Crippen molar-refractivity contribution in [2.24, 2.45) is 7.05 Å². The van der Waals surface area contributed by atoms with E-state index < -0.39 is 6.04 Å². The van der Waals surface area contributed by atoms with Gasteiger partial charge < -0.3 is 4.57 Å². The molecule has 0 unspecified atom stereocenters. The van der Waals surface area contributed by atoms with Crippen LogP contribution in [0, 0.1) is 19.7 Å². The van der Waals surface area contributed by atoms with Crippen LogP contribution in [0.1, 0.15) is 28.8 Å². The fourth-order valence-electron chi connectivity index (χ4n) is 4.11. The first kappa shape index (κ1) is 19.0. The summed E-state index contributed by atoms with van der Waals surface area (Å²) in [5.74, 6) is 0.381. The molecule has 0 aliphatic carbocycles. The molecule has 5 rings (SSSR count). The van der Waals surface area contributed by atoms with E-state index in [-0.39, 0.29) is 5.82 Å². The smallest absolute Gasteiger partial charge is 0.147 e.